The first kappa shape index (κ1) is 24.4. The van der Waals surface area contributed by atoms with Gasteiger partial charge in [0.1, 0.15) is 11.4 Å². The summed E-state index contributed by atoms with van der Waals surface area (Å²) in [6.07, 6.45) is 0. The van der Waals surface area contributed by atoms with Gasteiger partial charge in [-0.05, 0) is 56.5 Å². The number of benzene rings is 2. The van der Waals surface area contributed by atoms with E-state index in [0.29, 0.717) is 24.2 Å². The van der Waals surface area contributed by atoms with Crippen molar-refractivity contribution in [1.82, 2.24) is 15.3 Å². The van der Waals surface area contributed by atoms with Gasteiger partial charge in [0.05, 0.1) is 18.7 Å². The van der Waals surface area contributed by atoms with Gasteiger partial charge in [-0.2, -0.15) is 0 Å². The molecule has 33 heavy (non-hydrogen) atoms. The average molecular weight is 454 g/mol. The van der Waals surface area contributed by atoms with Crippen molar-refractivity contribution in [3.05, 3.63) is 64.7 Å². The molecule has 0 bridgehead atoms. The highest BCUT2D eigenvalue weighted by molar-refractivity contribution is 5.90. The van der Waals surface area contributed by atoms with E-state index in [-0.39, 0.29) is 24.7 Å². The number of rotatable bonds is 7. The normalized spacial score (nSPS) is 13.4. The smallest absolute Gasteiger partial charge is 0.338 e. The van der Waals surface area contributed by atoms with Gasteiger partial charge in [0.2, 0.25) is 0 Å². The topological polar surface area (TPSA) is 88.2 Å². The van der Waals surface area contributed by atoms with Crippen molar-refractivity contribution >= 4 is 17.8 Å². The molecule has 0 aliphatic carbocycles. The van der Waals surface area contributed by atoms with E-state index in [0.717, 1.165) is 0 Å². The van der Waals surface area contributed by atoms with Gasteiger partial charge in [0.15, 0.2) is 0 Å². The highest BCUT2D eigenvalue weighted by Crippen LogP contribution is 2.23. The number of hydrazine groups is 1. The predicted octanol–water partition coefficient (Wildman–Crippen LogP) is 2.83. The number of carbonyl (C=O) groups excluding carboxylic acids is 3. The number of likely N-dealkylation sites (N-methyl/N-ethyl adjacent to an activating group) is 1. The number of esters is 2. The molecule has 0 aromatic heterocycles. The fourth-order valence-corrected chi connectivity index (χ4v) is 3.40. The van der Waals surface area contributed by atoms with Crippen LogP contribution in [-0.2, 0) is 27.4 Å². The monoisotopic (exact) mass is 453 g/mol. The van der Waals surface area contributed by atoms with Crippen molar-refractivity contribution in [3.63, 3.8) is 0 Å². The third kappa shape index (κ3) is 6.63. The first-order chi connectivity index (χ1) is 15.5. The lowest BCUT2D eigenvalue weighted by atomic mass is 10.1. The lowest BCUT2D eigenvalue weighted by Gasteiger charge is -2.27. The molecule has 2 aromatic carbocycles. The van der Waals surface area contributed by atoms with E-state index >= 15 is 0 Å². The molecule has 0 saturated heterocycles. The molecule has 0 unspecified atom stereocenters. The standard InChI is InChI=1S/C25H31N3O5/c1-17-10-11-18(24(31)33-25(2,3)4)12-21(17)32-23(30)14-26-13-22(29)27(5)28-15-19-8-6-7-9-20(19)16-28/h6-12,26H,13-16H2,1-5H3. The number of aryl methyl sites for hydroxylation is 1. The Morgan fingerprint density at radius 2 is 1.67 bits per heavy atom. The zero-order chi connectivity index (χ0) is 24.2. The summed E-state index contributed by atoms with van der Waals surface area (Å²) in [6, 6.07) is 12.9. The first-order valence-electron chi connectivity index (χ1n) is 10.9. The number of nitrogens with one attached hydrogen (secondary N) is 1. The summed E-state index contributed by atoms with van der Waals surface area (Å²) in [5.41, 5.74) is 2.80. The molecule has 176 valence electrons. The Morgan fingerprint density at radius 3 is 2.27 bits per heavy atom. The van der Waals surface area contributed by atoms with Gasteiger partial charge in [0, 0.05) is 20.1 Å². The average Bonchev–Trinajstić information content (AvgIpc) is 3.17. The van der Waals surface area contributed by atoms with Crippen LogP contribution in [-0.4, -0.2) is 53.6 Å². The van der Waals surface area contributed by atoms with E-state index in [1.807, 2.05) is 17.1 Å². The number of hydrogen-bond acceptors (Lipinski definition) is 7. The summed E-state index contributed by atoms with van der Waals surface area (Å²) in [5.74, 6) is -0.916. The Bertz CT molecular complexity index is 1020. The second-order valence-corrected chi connectivity index (χ2v) is 9.07. The van der Waals surface area contributed by atoms with Crippen LogP contribution in [0.3, 0.4) is 0 Å². The molecule has 1 amide bonds. The molecule has 0 saturated carbocycles. The molecule has 0 radical (unpaired) electrons. The van der Waals surface area contributed by atoms with E-state index in [2.05, 4.69) is 17.4 Å². The van der Waals surface area contributed by atoms with Crippen LogP contribution >= 0.6 is 0 Å². The van der Waals surface area contributed by atoms with Crippen LogP contribution in [0.2, 0.25) is 0 Å². The Kier molecular flexibility index (Phi) is 7.50. The van der Waals surface area contributed by atoms with Crippen molar-refractivity contribution in [2.45, 2.75) is 46.4 Å². The Hall–Kier alpha value is -3.23. The third-order valence-electron chi connectivity index (χ3n) is 5.20. The first-order valence-corrected chi connectivity index (χ1v) is 10.9. The molecule has 8 heteroatoms. The molecular weight excluding hydrogens is 422 g/mol. The number of nitrogens with zero attached hydrogens (tertiary/aromatic N) is 2. The SMILES string of the molecule is Cc1ccc(C(=O)OC(C)(C)C)cc1OC(=O)CNCC(=O)N(C)N1Cc2ccccc2C1. The third-order valence-corrected chi connectivity index (χ3v) is 5.20. The highest BCUT2D eigenvalue weighted by Gasteiger charge is 2.24. The van der Waals surface area contributed by atoms with Crippen LogP contribution in [0.1, 0.15) is 47.8 Å². The summed E-state index contributed by atoms with van der Waals surface area (Å²) in [7, 11) is 1.72. The quantitative estimate of drug-likeness (QED) is 0.509. The van der Waals surface area contributed by atoms with Crippen LogP contribution in [0.5, 0.6) is 5.75 Å². The summed E-state index contributed by atoms with van der Waals surface area (Å²) >= 11 is 0. The molecular formula is C25H31N3O5. The minimum atomic E-state index is -0.625. The summed E-state index contributed by atoms with van der Waals surface area (Å²) < 4.78 is 10.8. The molecule has 2 aromatic rings. The summed E-state index contributed by atoms with van der Waals surface area (Å²) in [4.78, 5) is 37.1. The van der Waals surface area contributed by atoms with Gasteiger partial charge < -0.3 is 9.47 Å². The van der Waals surface area contributed by atoms with Gasteiger partial charge >= 0.3 is 11.9 Å². The maximum Gasteiger partial charge on any atom is 0.338 e. The Balaban J connectivity index is 1.48. The molecule has 8 nitrogen and oxygen atoms in total. The zero-order valence-electron chi connectivity index (χ0n) is 19.8. The maximum atomic E-state index is 12.5. The number of carbonyl (C=O) groups is 3. The summed E-state index contributed by atoms with van der Waals surface area (Å²) in [5, 5.41) is 6.37. The fourth-order valence-electron chi connectivity index (χ4n) is 3.40. The molecule has 3 rings (SSSR count). The highest BCUT2D eigenvalue weighted by atomic mass is 16.6. The maximum absolute atomic E-state index is 12.5. The zero-order valence-corrected chi connectivity index (χ0v) is 19.8. The lowest BCUT2D eigenvalue weighted by Crippen LogP contribution is -2.45. The van der Waals surface area contributed by atoms with Crippen molar-refractivity contribution in [3.8, 4) is 5.75 Å². The molecule has 0 atom stereocenters. The fraction of sp³-hybridized carbons (Fsp3) is 0.400. The molecule has 0 spiro atoms. The molecule has 0 fully saturated rings. The van der Waals surface area contributed by atoms with E-state index in [1.165, 1.54) is 17.2 Å². The van der Waals surface area contributed by atoms with E-state index in [4.69, 9.17) is 9.47 Å². The predicted molar refractivity (Wildman–Crippen MR) is 123 cm³/mol. The van der Waals surface area contributed by atoms with Crippen LogP contribution in [0.15, 0.2) is 42.5 Å². The van der Waals surface area contributed by atoms with Crippen molar-refractivity contribution in [2.24, 2.45) is 0 Å². The Labute approximate surface area is 194 Å². The van der Waals surface area contributed by atoms with Crippen LogP contribution in [0, 0.1) is 6.92 Å². The minimum Gasteiger partial charge on any atom is -0.456 e. The van der Waals surface area contributed by atoms with Crippen molar-refractivity contribution in [2.75, 3.05) is 20.1 Å². The molecule has 1 aliphatic rings. The van der Waals surface area contributed by atoms with Gasteiger partial charge in [-0.3, -0.25) is 19.9 Å². The molecule has 1 N–H and O–H groups in total. The van der Waals surface area contributed by atoms with E-state index in [1.54, 1.807) is 51.9 Å². The number of hydrogen-bond donors (Lipinski definition) is 1. The summed E-state index contributed by atoms with van der Waals surface area (Å²) in [6.45, 7) is 8.33. The number of fused-ring (bicyclic) bond motifs is 1. The van der Waals surface area contributed by atoms with Crippen molar-refractivity contribution < 1.29 is 23.9 Å². The second-order valence-electron chi connectivity index (χ2n) is 9.07. The van der Waals surface area contributed by atoms with Gasteiger partial charge in [-0.15, -0.1) is 0 Å². The van der Waals surface area contributed by atoms with Gasteiger partial charge in [-0.1, -0.05) is 30.3 Å². The van der Waals surface area contributed by atoms with E-state index < -0.39 is 17.5 Å². The van der Waals surface area contributed by atoms with Crippen molar-refractivity contribution in [1.29, 1.82) is 0 Å². The number of amides is 1. The number of ether oxygens (including phenoxy) is 2. The Morgan fingerprint density at radius 1 is 1.03 bits per heavy atom. The van der Waals surface area contributed by atoms with E-state index in [9.17, 15) is 14.4 Å². The second kappa shape index (κ2) is 10.1. The largest absolute Gasteiger partial charge is 0.456 e. The lowest BCUT2D eigenvalue weighted by molar-refractivity contribution is -0.145. The van der Waals surface area contributed by atoms with Crippen LogP contribution in [0.4, 0.5) is 0 Å². The van der Waals surface area contributed by atoms with Gasteiger partial charge in [0.25, 0.3) is 5.91 Å². The molecule has 1 aliphatic heterocycles. The van der Waals surface area contributed by atoms with Crippen LogP contribution in [0.25, 0.3) is 0 Å². The van der Waals surface area contributed by atoms with Gasteiger partial charge in [-0.25, -0.2) is 9.80 Å². The molecule has 1 heterocycles. The van der Waals surface area contributed by atoms with Crippen LogP contribution < -0.4 is 10.1 Å². The minimum absolute atomic E-state index is 0.00459.